The van der Waals surface area contributed by atoms with E-state index in [0.29, 0.717) is 23.4 Å². The monoisotopic (exact) mass is 497 g/mol. The van der Waals surface area contributed by atoms with Gasteiger partial charge < -0.3 is 26.3 Å². The van der Waals surface area contributed by atoms with Crippen LogP contribution in [0.4, 0.5) is 0 Å². The van der Waals surface area contributed by atoms with Gasteiger partial charge in [-0.15, -0.1) is 0 Å². The third-order valence-electron chi connectivity index (χ3n) is 5.72. The van der Waals surface area contributed by atoms with Gasteiger partial charge in [0.25, 0.3) is 5.91 Å². The second-order valence-electron chi connectivity index (χ2n) is 8.44. The lowest BCUT2D eigenvalue weighted by Crippen LogP contribution is -2.29. The van der Waals surface area contributed by atoms with Crippen LogP contribution < -0.4 is 15.8 Å². The van der Waals surface area contributed by atoms with E-state index in [0.717, 1.165) is 29.2 Å². The molecule has 7 nitrogen and oxygen atoms in total. The second-order valence-corrected chi connectivity index (χ2v) is 8.44. The molecule has 0 aromatic heterocycles. The quantitative estimate of drug-likeness (QED) is 0.196. The molecule has 7 heteroatoms. The molecular weight excluding hydrogens is 466 g/mol. The smallest absolute Gasteiger partial charge is 0.257 e. The van der Waals surface area contributed by atoms with Gasteiger partial charge in [-0.05, 0) is 66.6 Å². The summed E-state index contributed by atoms with van der Waals surface area (Å²) < 4.78 is 5.71. The number of aromatic hydroxyl groups is 1. The van der Waals surface area contributed by atoms with Crippen molar-refractivity contribution in [3.63, 3.8) is 0 Å². The number of amides is 2. The maximum absolute atomic E-state index is 12.0. The number of ether oxygens (including phenoxy) is 1. The largest absolute Gasteiger partial charge is 0.508 e. The number of phenolic OH excluding ortho intramolecular Hbond substituents is 1. The molecule has 0 radical (unpaired) electrons. The van der Waals surface area contributed by atoms with Gasteiger partial charge in [0, 0.05) is 29.3 Å². The Morgan fingerprint density at radius 2 is 1.68 bits per heavy atom. The molecule has 0 aliphatic rings. The first kappa shape index (κ1) is 26.9. The summed E-state index contributed by atoms with van der Waals surface area (Å²) in [6.07, 6.45) is 3.16. The fourth-order valence-corrected chi connectivity index (χ4v) is 3.71. The van der Waals surface area contributed by atoms with E-state index in [9.17, 15) is 9.59 Å². The van der Waals surface area contributed by atoms with Crippen LogP contribution in [0.15, 0.2) is 84.9 Å². The zero-order chi connectivity index (χ0) is 26.6. The summed E-state index contributed by atoms with van der Waals surface area (Å²) in [7, 11) is 0. The summed E-state index contributed by atoms with van der Waals surface area (Å²) in [5.41, 5.74) is 8.19. The summed E-state index contributed by atoms with van der Waals surface area (Å²) in [6, 6.07) is 26.1. The van der Waals surface area contributed by atoms with Crippen molar-refractivity contribution >= 4 is 28.8 Å². The van der Waals surface area contributed by atoms with Gasteiger partial charge in [-0.1, -0.05) is 54.6 Å². The Hall–Kier alpha value is -4.65. The average Bonchev–Trinajstić information content (AvgIpc) is 2.92. The molecule has 0 bridgehead atoms. The molecule has 5 N–H and O–H groups in total. The molecular formula is C30H31N3O4. The highest BCUT2D eigenvalue weighted by atomic mass is 16.5. The number of rotatable bonds is 9. The molecule has 0 saturated carbocycles. The molecule has 4 aromatic carbocycles. The van der Waals surface area contributed by atoms with Crippen LogP contribution in [-0.2, 0) is 11.2 Å². The minimum Gasteiger partial charge on any atom is -0.508 e. The van der Waals surface area contributed by atoms with Crippen LogP contribution in [0.2, 0.25) is 0 Å². The first-order chi connectivity index (χ1) is 17.9. The minimum absolute atomic E-state index is 0.0146. The Morgan fingerprint density at radius 3 is 2.35 bits per heavy atom. The van der Waals surface area contributed by atoms with E-state index in [2.05, 4.69) is 17.4 Å². The third-order valence-corrected chi connectivity index (χ3v) is 5.72. The molecule has 0 atom stereocenters. The fraction of sp³-hybridized carbons (Fsp3) is 0.167. The van der Waals surface area contributed by atoms with Crippen molar-refractivity contribution in [2.24, 2.45) is 5.73 Å². The highest BCUT2D eigenvalue weighted by molar-refractivity contribution is 6.01. The summed E-state index contributed by atoms with van der Waals surface area (Å²) in [4.78, 5) is 22.6. The number of carbonyl (C=O) groups excluding carboxylic acids is 2. The van der Waals surface area contributed by atoms with Crippen LogP contribution in [0.3, 0.4) is 0 Å². The van der Waals surface area contributed by atoms with E-state index in [-0.39, 0.29) is 18.3 Å². The Balaban J connectivity index is 0.000000289. The van der Waals surface area contributed by atoms with Gasteiger partial charge in [0.2, 0.25) is 5.91 Å². The van der Waals surface area contributed by atoms with Gasteiger partial charge in [-0.3, -0.25) is 9.59 Å². The molecule has 4 aromatic rings. The lowest BCUT2D eigenvalue weighted by atomic mass is 10.0. The summed E-state index contributed by atoms with van der Waals surface area (Å²) in [5.74, 6) is 0.229. The predicted molar refractivity (Wildman–Crippen MR) is 146 cm³/mol. The zero-order valence-electron chi connectivity index (χ0n) is 20.7. The van der Waals surface area contributed by atoms with E-state index in [4.69, 9.17) is 21.0 Å². The second kappa shape index (κ2) is 13.4. The lowest BCUT2D eigenvalue weighted by molar-refractivity contribution is -0.123. The number of nitrogens with one attached hydrogen (secondary N) is 2. The van der Waals surface area contributed by atoms with Crippen LogP contribution in [0.1, 0.15) is 33.5 Å². The van der Waals surface area contributed by atoms with Gasteiger partial charge >= 0.3 is 0 Å². The Bertz CT molecular complexity index is 1370. The van der Waals surface area contributed by atoms with E-state index < -0.39 is 5.91 Å². The van der Waals surface area contributed by atoms with Crippen molar-refractivity contribution in [1.82, 2.24) is 5.32 Å². The lowest BCUT2D eigenvalue weighted by Gasteiger charge is -2.11. The van der Waals surface area contributed by atoms with Gasteiger partial charge in [0.15, 0.2) is 6.61 Å². The highest BCUT2D eigenvalue weighted by Gasteiger charge is 2.08. The maximum atomic E-state index is 12.0. The first-order valence-electron chi connectivity index (χ1n) is 11.9. The van der Waals surface area contributed by atoms with Crippen molar-refractivity contribution in [3.05, 3.63) is 107 Å². The van der Waals surface area contributed by atoms with E-state index in [1.165, 1.54) is 23.9 Å². The van der Waals surface area contributed by atoms with E-state index in [1.807, 2.05) is 54.6 Å². The summed E-state index contributed by atoms with van der Waals surface area (Å²) in [6.45, 7) is 2.33. The molecule has 0 aliphatic carbocycles. The topological polar surface area (TPSA) is 126 Å². The van der Waals surface area contributed by atoms with Crippen molar-refractivity contribution in [3.8, 4) is 11.5 Å². The number of primary amides is 1. The third kappa shape index (κ3) is 7.93. The Labute approximate surface area is 216 Å². The van der Waals surface area contributed by atoms with Crippen molar-refractivity contribution in [1.29, 1.82) is 5.41 Å². The summed E-state index contributed by atoms with van der Waals surface area (Å²) >= 11 is 0. The van der Waals surface area contributed by atoms with Gasteiger partial charge in [-0.2, -0.15) is 0 Å². The van der Waals surface area contributed by atoms with Gasteiger partial charge in [-0.25, -0.2) is 0 Å². The fourth-order valence-electron chi connectivity index (χ4n) is 3.71. The standard InChI is InChI=1S/C22H22N2O2.C8H9NO2/c23-15-18-12-13-21(20-11-5-4-10-19(18)20)26-16-22(25)24-14-6-9-17-7-2-1-3-8-17;1-5-4-6(8(9)11)2-3-7(5)10/h1-5,7-8,10-13,15,23H,6,9,14,16H2,(H,24,25);2-4,10H,1H3,(H2,9,11). The van der Waals surface area contributed by atoms with Crippen molar-refractivity contribution < 1.29 is 19.4 Å². The summed E-state index contributed by atoms with van der Waals surface area (Å²) in [5, 5.41) is 21.3. The molecule has 0 unspecified atom stereocenters. The number of phenols is 1. The number of hydrogen-bond acceptors (Lipinski definition) is 5. The van der Waals surface area contributed by atoms with Crippen LogP contribution in [0, 0.1) is 12.3 Å². The van der Waals surface area contributed by atoms with E-state index >= 15 is 0 Å². The molecule has 0 spiro atoms. The number of hydrogen-bond donors (Lipinski definition) is 4. The molecule has 190 valence electrons. The normalized spacial score (nSPS) is 10.2. The van der Waals surface area contributed by atoms with Crippen molar-refractivity contribution in [2.75, 3.05) is 13.2 Å². The molecule has 0 fully saturated rings. The predicted octanol–water partition coefficient (Wildman–Crippen LogP) is 4.76. The molecule has 4 rings (SSSR count). The van der Waals surface area contributed by atoms with Crippen LogP contribution in [0.5, 0.6) is 11.5 Å². The Kier molecular flexibility index (Phi) is 9.79. The number of benzene rings is 4. The number of carbonyl (C=O) groups is 2. The first-order valence-corrected chi connectivity index (χ1v) is 11.9. The SMILES string of the molecule is Cc1cc(C(N)=O)ccc1O.N=Cc1ccc(OCC(=O)NCCCc2ccccc2)c2ccccc12. The van der Waals surface area contributed by atoms with Crippen LogP contribution in [-0.4, -0.2) is 36.3 Å². The van der Waals surface area contributed by atoms with Crippen LogP contribution in [0.25, 0.3) is 10.8 Å². The molecule has 2 amide bonds. The molecule has 37 heavy (non-hydrogen) atoms. The van der Waals surface area contributed by atoms with Crippen molar-refractivity contribution in [2.45, 2.75) is 19.8 Å². The number of aryl methyl sites for hydroxylation is 2. The maximum Gasteiger partial charge on any atom is 0.257 e. The molecule has 0 aliphatic heterocycles. The minimum atomic E-state index is -0.479. The number of nitrogens with two attached hydrogens (primary N) is 1. The van der Waals surface area contributed by atoms with E-state index in [1.54, 1.807) is 13.0 Å². The highest BCUT2D eigenvalue weighted by Crippen LogP contribution is 2.27. The number of fused-ring (bicyclic) bond motifs is 1. The van der Waals surface area contributed by atoms with Gasteiger partial charge in [0.05, 0.1) is 0 Å². The Morgan fingerprint density at radius 1 is 0.973 bits per heavy atom. The van der Waals surface area contributed by atoms with Gasteiger partial charge in [0.1, 0.15) is 11.5 Å². The van der Waals surface area contributed by atoms with Crippen LogP contribution >= 0.6 is 0 Å². The molecule has 0 heterocycles. The average molecular weight is 498 g/mol. The molecule has 0 saturated heterocycles. The zero-order valence-corrected chi connectivity index (χ0v) is 20.7.